The molecule has 11 heteroatoms. The normalized spacial score (nSPS) is 13.4. The van der Waals surface area contributed by atoms with E-state index >= 15 is 0 Å². The zero-order valence-corrected chi connectivity index (χ0v) is 19.1. The summed E-state index contributed by atoms with van der Waals surface area (Å²) in [6.07, 6.45) is 0. The maximum Gasteiger partial charge on any atom is 0.513 e. The summed E-state index contributed by atoms with van der Waals surface area (Å²) < 4.78 is 29.8. The summed E-state index contributed by atoms with van der Waals surface area (Å²) in [5, 5.41) is 14.0. The Labute approximate surface area is 195 Å². The van der Waals surface area contributed by atoms with E-state index in [0.29, 0.717) is 0 Å². The first-order chi connectivity index (χ1) is 15.8. The predicted octanol–water partition coefficient (Wildman–Crippen LogP) is 5.54. The van der Waals surface area contributed by atoms with Gasteiger partial charge in [0.05, 0.1) is 4.92 Å². The smallest absolute Gasteiger partial charge is 0.460 e. The largest absolute Gasteiger partial charge is 0.513 e. The number of hydrogen-bond acceptors (Lipinski definition) is 7. The van der Waals surface area contributed by atoms with Gasteiger partial charge in [-0.1, -0.05) is 60.1 Å². The van der Waals surface area contributed by atoms with Crippen molar-refractivity contribution in [2.45, 2.75) is 19.6 Å². The van der Waals surface area contributed by atoms with E-state index < -0.39 is 30.4 Å². The van der Waals surface area contributed by atoms with Crippen molar-refractivity contribution in [3.63, 3.8) is 0 Å². The Morgan fingerprint density at radius 1 is 1.06 bits per heavy atom. The number of rotatable bonds is 10. The van der Waals surface area contributed by atoms with Gasteiger partial charge in [-0.05, 0) is 36.8 Å². The van der Waals surface area contributed by atoms with Gasteiger partial charge < -0.3 is 13.8 Å². The number of nitro benzene ring substituents is 1. The summed E-state index contributed by atoms with van der Waals surface area (Å²) in [4.78, 5) is 23.2. The number of benzene rings is 3. The zero-order valence-electron chi connectivity index (χ0n) is 17.4. The van der Waals surface area contributed by atoms with Gasteiger partial charge in [-0.15, -0.1) is 0 Å². The maximum absolute atomic E-state index is 13.6. The van der Waals surface area contributed by atoms with Crippen molar-refractivity contribution in [1.29, 1.82) is 0 Å². The van der Waals surface area contributed by atoms with E-state index in [1.807, 2.05) is 6.07 Å². The molecule has 0 aliphatic heterocycles. The molecule has 0 saturated carbocycles. The third-order valence-electron chi connectivity index (χ3n) is 4.23. The summed E-state index contributed by atoms with van der Waals surface area (Å²) in [6.45, 7) is 1.42. The highest BCUT2D eigenvalue weighted by Gasteiger charge is 2.36. The SMILES string of the molecule is C[C@H](NP(=O)(Oc1ccccc1)Oc1ccc(Cl)cc1[N+](=O)[O-])C(=O)OCc1ccccc1. The predicted molar refractivity (Wildman–Crippen MR) is 122 cm³/mol. The number of nitrogens with one attached hydrogen (secondary N) is 1. The Morgan fingerprint density at radius 2 is 1.70 bits per heavy atom. The molecule has 0 spiro atoms. The molecule has 0 aliphatic rings. The number of carbonyl (C=O) groups is 1. The van der Waals surface area contributed by atoms with Crippen molar-refractivity contribution >= 4 is 31.0 Å². The summed E-state index contributed by atoms with van der Waals surface area (Å²) in [6, 6.07) is 19.5. The van der Waals surface area contributed by atoms with Crippen molar-refractivity contribution in [1.82, 2.24) is 5.09 Å². The minimum absolute atomic E-state index is 0.0129. The number of ether oxygens (including phenoxy) is 1. The van der Waals surface area contributed by atoms with Gasteiger partial charge in [0, 0.05) is 11.1 Å². The van der Waals surface area contributed by atoms with Crippen molar-refractivity contribution in [2.24, 2.45) is 0 Å². The Kier molecular flexibility index (Phi) is 8.06. The summed E-state index contributed by atoms with van der Waals surface area (Å²) in [7, 11) is -4.35. The quantitative estimate of drug-likeness (QED) is 0.170. The molecule has 2 atom stereocenters. The van der Waals surface area contributed by atoms with Crippen LogP contribution in [0.5, 0.6) is 11.5 Å². The van der Waals surface area contributed by atoms with Gasteiger partial charge in [0.15, 0.2) is 0 Å². The highest BCUT2D eigenvalue weighted by Crippen LogP contribution is 2.48. The molecule has 9 nitrogen and oxygen atoms in total. The number of nitrogens with zero attached hydrogens (tertiary/aromatic N) is 1. The molecule has 172 valence electrons. The summed E-state index contributed by atoms with van der Waals surface area (Å²) >= 11 is 5.84. The van der Waals surface area contributed by atoms with E-state index in [-0.39, 0.29) is 23.1 Å². The van der Waals surface area contributed by atoms with Gasteiger partial charge in [-0.3, -0.25) is 14.9 Å². The van der Waals surface area contributed by atoms with E-state index in [4.69, 9.17) is 25.4 Å². The molecule has 0 aromatic heterocycles. The van der Waals surface area contributed by atoms with Crippen LogP contribution in [0.1, 0.15) is 12.5 Å². The fraction of sp³-hybridized carbons (Fsp3) is 0.136. The van der Waals surface area contributed by atoms with Gasteiger partial charge in [-0.25, -0.2) is 4.57 Å². The van der Waals surface area contributed by atoms with E-state index in [1.54, 1.807) is 42.5 Å². The van der Waals surface area contributed by atoms with Crippen LogP contribution in [-0.4, -0.2) is 16.9 Å². The first-order valence-electron chi connectivity index (χ1n) is 9.72. The minimum Gasteiger partial charge on any atom is -0.460 e. The number of nitro groups is 1. The topological polar surface area (TPSA) is 117 Å². The molecular weight excluding hydrogens is 471 g/mol. The molecule has 0 heterocycles. The minimum atomic E-state index is -4.35. The third-order valence-corrected chi connectivity index (χ3v) is 6.06. The summed E-state index contributed by atoms with van der Waals surface area (Å²) in [5.74, 6) is -0.902. The average molecular weight is 491 g/mol. The van der Waals surface area contributed by atoms with Crippen LogP contribution < -0.4 is 14.1 Å². The second-order valence-corrected chi connectivity index (χ2v) is 8.86. The van der Waals surface area contributed by atoms with Crippen LogP contribution in [0.15, 0.2) is 78.9 Å². The highest BCUT2D eigenvalue weighted by molar-refractivity contribution is 7.52. The van der Waals surface area contributed by atoms with Crippen LogP contribution in [0.3, 0.4) is 0 Å². The lowest BCUT2D eigenvalue weighted by molar-refractivity contribution is -0.385. The lowest BCUT2D eigenvalue weighted by Gasteiger charge is -2.23. The Hall–Kier alpha value is -3.39. The van der Waals surface area contributed by atoms with E-state index in [2.05, 4.69) is 5.09 Å². The first-order valence-corrected chi connectivity index (χ1v) is 11.6. The average Bonchev–Trinajstić information content (AvgIpc) is 2.79. The van der Waals surface area contributed by atoms with Gasteiger partial charge in [-0.2, -0.15) is 5.09 Å². The molecule has 1 N–H and O–H groups in total. The molecule has 3 aromatic rings. The standard InChI is InChI=1S/C22H20ClN2O7P/c1-16(22(26)30-15-17-8-4-2-5-9-17)24-33(29,31-19-10-6-3-7-11-19)32-21-13-12-18(23)14-20(21)25(27)28/h2-14,16H,15H2,1H3,(H,24,29)/t16-,33?/m0/s1. The number of carbonyl (C=O) groups excluding carboxylic acids is 1. The van der Waals surface area contributed by atoms with Crippen molar-refractivity contribution in [3.05, 3.63) is 99.6 Å². The highest BCUT2D eigenvalue weighted by atomic mass is 35.5. The maximum atomic E-state index is 13.6. The second-order valence-electron chi connectivity index (χ2n) is 6.81. The van der Waals surface area contributed by atoms with Gasteiger partial charge in [0.25, 0.3) is 0 Å². The van der Waals surface area contributed by atoms with Crippen LogP contribution >= 0.6 is 19.3 Å². The molecule has 0 aliphatic carbocycles. The molecule has 0 saturated heterocycles. The molecule has 1 unspecified atom stereocenters. The number of para-hydroxylation sites is 1. The lowest BCUT2D eigenvalue weighted by atomic mass is 10.2. The summed E-state index contributed by atoms with van der Waals surface area (Å²) in [5.41, 5.74) is 0.260. The van der Waals surface area contributed by atoms with Crippen LogP contribution in [0.4, 0.5) is 5.69 Å². The molecule has 3 rings (SSSR count). The second kappa shape index (κ2) is 11.0. The number of hydrogen-bond donors (Lipinski definition) is 1. The molecular formula is C22H20ClN2O7P. The Morgan fingerprint density at radius 3 is 2.33 bits per heavy atom. The fourth-order valence-electron chi connectivity index (χ4n) is 2.67. The molecule has 33 heavy (non-hydrogen) atoms. The van der Waals surface area contributed by atoms with Crippen LogP contribution in [-0.2, 0) is 20.7 Å². The van der Waals surface area contributed by atoms with E-state index in [0.717, 1.165) is 11.6 Å². The third kappa shape index (κ3) is 7.05. The van der Waals surface area contributed by atoms with E-state index in [1.165, 1.54) is 31.2 Å². The molecule has 0 amide bonds. The number of halogens is 1. The Bertz CT molecular complexity index is 1160. The zero-order chi connectivity index (χ0) is 23.8. The van der Waals surface area contributed by atoms with Gasteiger partial charge >= 0.3 is 19.4 Å². The van der Waals surface area contributed by atoms with Crippen molar-refractivity contribution in [2.75, 3.05) is 0 Å². The lowest BCUT2D eigenvalue weighted by Crippen LogP contribution is -2.35. The molecule has 3 aromatic carbocycles. The van der Waals surface area contributed by atoms with Crippen LogP contribution in [0, 0.1) is 10.1 Å². The van der Waals surface area contributed by atoms with Crippen LogP contribution in [0.25, 0.3) is 0 Å². The molecule has 0 bridgehead atoms. The van der Waals surface area contributed by atoms with Gasteiger partial charge in [0.2, 0.25) is 5.75 Å². The molecule has 0 radical (unpaired) electrons. The van der Waals surface area contributed by atoms with E-state index in [9.17, 15) is 19.5 Å². The van der Waals surface area contributed by atoms with Crippen molar-refractivity contribution < 1.29 is 28.1 Å². The van der Waals surface area contributed by atoms with Gasteiger partial charge in [0.1, 0.15) is 18.4 Å². The van der Waals surface area contributed by atoms with Crippen molar-refractivity contribution in [3.8, 4) is 11.5 Å². The van der Waals surface area contributed by atoms with Crippen LogP contribution in [0.2, 0.25) is 5.02 Å². The Balaban J connectivity index is 1.81. The molecule has 0 fully saturated rings. The monoisotopic (exact) mass is 490 g/mol. The fourth-order valence-corrected chi connectivity index (χ4v) is 4.38. The first kappa shape index (κ1) is 24.3. The number of esters is 1.